The van der Waals surface area contributed by atoms with E-state index in [1.165, 1.54) is 0 Å². The first-order chi connectivity index (χ1) is 14.4. The Bertz CT molecular complexity index is 895. The molecule has 9 nitrogen and oxygen atoms in total. The standard InChI is InChI=1S/C21H26N6O3/c22-9-15-2-1-7-26(15)20(29)17(23)12-25-11-16-8-18(25)21(30)27(16)10-13-3-5-14(6-4-13)19(24)28/h3-6,15-18H,1-2,7-8,10-12,23H2,(H2,24,28)/t15-,16?,17?,18?/m0/s1. The number of primary amides is 1. The number of carbonyl (C=O) groups is 3. The molecule has 4 atom stereocenters. The van der Waals surface area contributed by atoms with Gasteiger partial charge >= 0.3 is 0 Å². The van der Waals surface area contributed by atoms with Gasteiger partial charge < -0.3 is 21.3 Å². The number of amides is 3. The van der Waals surface area contributed by atoms with Crippen molar-refractivity contribution in [1.82, 2.24) is 14.7 Å². The highest BCUT2D eigenvalue weighted by molar-refractivity contribution is 5.92. The number of nitrogens with two attached hydrogens (primary N) is 2. The molecule has 2 bridgehead atoms. The third kappa shape index (κ3) is 3.64. The first kappa shape index (κ1) is 20.3. The van der Waals surface area contributed by atoms with Gasteiger partial charge in [0.2, 0.25) is 17.7 Å². The van der Waals surface area contributed by atoms with Crippen LogP contribution in [0.25, 0.3) is 0 Å². The first-order valence-corrected chi connectivity index (χ1v) is 10.3. The largest absolute Gasteiger partial charge is 0.366 e. The average molecular weight is 410 g/mol. The minimum Gasteiger partial charge on any atom is -0.366 e. The van der Waals surface area contributed by atoms with Gasteiger partial charge in [-0.3, -0.25) is 19.3 Å². The Balaban J connectivity index is 1.35. The van der Waals surface area contributed by atoms with Gasteiger partial charge in [0.25, 0.3) is 0 Å². The molecule has 3 amide bonds. The molecule has 3 fully saturated rings. The van der Waals surface area contributed by atoms with Crippen LogP contribution in [0, 0.1) is 11.3 Å². The third-order valence-corrected chi connectivity index (χ3v) is 6.41. The summed E-state index contributed by atoms with van der Waals surface area (Å²) in [4.78, 5) is 42.2. The number of nitriles is 1. The van der Waals surface area contributed by atoms with Gasteiger partial charge in [-0.05, 0) is 37.0 Å². The molecular formula is C21H26N6O3. The van der Waals surface area contributed by atoms with Crippen LogP contribution < -0.4 is 11.5 Å². The van der Waals surface area contributed by atoms with Crippen molar-refractivity contribution in [3.63, 3.8) is 0 Å². The lowest BCUT2D eigenvalue weighted by atomic mass is 10.1. The van der Waals surface area contributed by atoms with Crippen molar-refractivity contribution in [1.29, 1.82) is 5.26 Å². The van der Waals surface area contributed by atoms with Crippen LogP contribution in [0.3, 0.4) is 0 Å². The summed E-state index contributed by atoms with van der Waals surface area (Å²) in [6, 6.07) is 7.82. The predicted octanol–water partition coefficient (Wildman–Crippen LogP) is -0.588. The Hall–Kier alpha value is -2.96. The molecule has 1 aromatic rings. The highest BCUT2D eigenvalue weighted by Crippen LogP contribution is 2.33. The van der Waals surface area contributed by atoms with Gasteiger partial charge in [-0.25, -0.2) is 0 Å². The van der Waals surface area contributed by atoms with Crippen LogP contribution in [-0.2, 0) is 16.1 Å². The van der Waals surface area contributed by atoms with Gasteiger partial charge in [0.15, 0.2) is 0 Å². The van der Waals surface area contributed by atoms with E-state index in [9.17, 15) is 19.6 Å². The number of hydrogen-bond donors (Lipinski definition) is 2. The Morgan fingerprint density at radius 1 is 1.27 bits per heavy atom. The summed E-state index contributed by atoms with van der Waals surface area (Å²) in [6.45, 7) is 2.05. The lowest BCUT2D eigenvalue weighted by molar-refractivity contribution is -0.139. The molecule has 0 aromatic heterocycles. The maximum Gasteiger partial charge on any atom is 0.248 e. The molecule has 9 heteroatoms. The van der Waals surface area contributed by atoms with E-state index in [1.807, 2.05) is 21.9 Å². The summed E-state index contributed by atoms with van der Waals surface area (Å²) in [7, 11) is 0. The minimum absolute atomic E-state index is 0.0425. The van der Waals surface area contributed by atoms with Crippen molar-refractivity contribution in [3.8, 4) is 6.07 Å². The van der Waals surface area contributed by atoms with Crippen molar-refractivity contribution in [2.45, 2.75) is 50.0 Å². The number of piperazine rings is 1. The van der Waals surface area contributed by atoms with E-state index in [4.69, 9.17) is 11.5 Å². The van der Waals surface area contributed by atoms with Crippen molar-refractivity contribution < 1.29 is 14.4 Å². The van der Waals surface area contributed by atoms with Crippen LogP contribution in [0.1, 0.15) is 35.2 Å². The maximum absolute atomic E-state index is 12.9. The smallest absolute Gasteiger partial charge is 0.248 e. The number of benzene rings is 1. The second-order valence-corrected chi connectivity index (χ2v) is 8.31. The van der Waals surface area contributed by atoms with Gasteiger partial charge in [-0.15, -0.1) is 0 Å². The normalized spacial score (nSPS) is 26.8. The van der Waals surface area contributed by atoms with Crippen LogP contribution in [-0.4, -0.2) is 76.2 Å². The van der Waals surface area contributed by atoms with Crippen molar-refractivity contribution in [2.75, 3.05) is 19.6 Å². The van der Waals surface area contributed by atoms with E-state index in [0.717, 1.165) is 18.4 Å². The van der Waals surface area contributed by atoms with Gasteiger partial charge in [0, 0.05) is 37.8 Å². The second kappa shape index (κ2) is 8.05. The van der Waals surface area contributed by atoms with Gasteiger partial charge in [-0.2, -0.15) is 5.26 Å². The Morgan fingerprint density at radius 3 is 2.63 bits per heavy atom. The Morgan fingerprint density at radius 2 is 2.00 bits per heavy atom. The molecule has 3 heterocycles. The fourth-order valence-electron chi connectivity index (χ4n) is 4.82. The molecule has 0 radical (unpaired) electrons. The van der Waals surface area contributed by atoms with Crippen molar-refractivity contribution in [2.24, 2.45) is 11.5 Å². The van der Waals surface area contributed by atoms with Crippen LogP contribution in [0.15, 0.2) is 24.3 Å². The zero-order chi connectivity index (χ0) is 21.4. The molecule has 1 aromatic carbocycles. The van der Waals surface area contributed by atoms with Crippen LogP contribution >= 0.6 is 0 Å². The zero-order valence-corrected chi connectivity index (χ0v) is 16.7. The fraction of sp³-hybridized carbons (Fsp3) is 0.524. The minimum atomic E-state index is -0.735. The molecular weight excluding hydrogens is 384 g/mol. The molecule has 30 heavy (non-hydrogen) atoms. The number of rotatable bonds is 6. The number of carbonyl (C=O) groups excluding carboxylic acids is 3. The van der Waals surface area contributed by atoms with E-state index >= 15 is 0 Å². The molecule has 0 saturated carbocycles. The quantitative estimate of drug-likeness (QED) is 0.643. The summed E-state index contributed by atoms with van der Waals surface area (Å²) in [5.74, 6) is -0.643. The topological polar surface area (TPSA) is 137 Å². The summed E-state index contributed by atoms with van der Waals surface area (Å²) in [5.41, 5.74) is 12.8. The molecule has 3 unspecified atom stereocenters. The summed E-state index contributed by atoms with van der Waals surface area (Å²) in [6.07, 6.45) is 2.24. The number of nitrogens with zero attached hydrogens (tertiary/aromatic N) is 4. The molecule has 3 saturated heterocycles. The van der Waals surface area contributed by atoms with Crippen LogP contribution in [0.5, 0.6) is 0 Å². The lowest BCUT2D eigenvalue weighted by Crippen LogP contribution is -2.56. The molecule has 3 aliphatic rings. The Labute approximate surface area is 175 Å². The van der Waals surface area contributed by atoms with Crippen molar-refractivity contribution >= 4 is 17.7 Å². The van der Waals surface area contributed by atoms with E-state index in [-0.39, 0.29) is 23.9 Å². The van der Waals surface area contributed by atoms with Crippen molar-refractivity contribution in [3.05, 3.63) is 35.4 Å². The number of hydrogen-bond acceptors (Lipinski definition) is 6. The van der Waals surface area contributed by atoms with Crippen LogP contribution in [0.4, 0.5) is 0 Å². The zero-order valence-electron chi connectivity index (χ0n) is 16.7. The lowest BCUT2D eigenvalue weighted by Gasteiger charge is -2.35. The molecule has 3 aliphatic heterocycles. The first-order valence-electron chi connectivity index (χ1n) is 10.3. The second-order valence-electron chi connectivity index (χ2n) is 8.31. The van der Waals surface area contributed by atoms with Crippen LogP contribution in [0.2, 0.25) is 0 Å². The molecule has 0 spiro atoms. The maximum atomic E-state index is 12.9. The summed E-state index contributed by atoms with van der Waals surface area (Å²) < 4.78 is 0. The van der Waals surface area contributed by atoms with Gasteiger partial charge in [0.1, 0.15) is 6.04 Å². The van der Waals surface area contributed by atoms with E-state index < -0.39 is 18.0 Å². The number of likely N-dealkylation sites (tertiary alicyclic amines) is 3. The summed E-state index contributed by atoms with van der Waals surface area (Å²) >= 11 is 0. The molecule has 0 aliphatic carbocycles. The molecule has 4 N–H and O–H groups in total. The SMILES string of the molecule is N#C[C@@H]1CCCN1C(=O)C(N)CN1CC2CC1C(=O)N2Cc1ccc(C(N)=O)cc1. The highest BCUT2D eigenvalue weighted by atomic mass is 16.2. The van der Waals surface area contributed by atoms with E-state index in [1.54, 1.807) is 17.0 Å². The predicted molar refractivity (Wildman–Crippen MR) is 108 cm³/mol. The molecule has 4 rings (SSSR count). The summed E-state index contributed by atoms with van der Waals surface area (Å²) in [5, 5.41) is 9.20. The number of fused-ring (bicyclic) bond motifs is 2. The van der Waals surface area contributed by atoms with Gasteiger partial charge in [-0.1, -0.05) is 12.1 Å². The highest BCUT2D eigenvalue weighted by Gasteiger charge is 2.50. The fourth-order valence-corrected chi connectivity index (χ4v) is 4.82. The van der Waals surface area contributed by atoms with E-state index in [0.29, 0.717) is 38.2 Å². The molecule has 158 valence electrons. The van der Waals surface area contributed by atoms with E-state index in [2.05, 4.69) is 6.07 Å². The third-order valence-electron chi connectivity index (χ3n) is 6.41. The monoisotopic (exact) mass is 410 g/mol. The van der Waals surface area contributed by atoms with Gasteiger partial charge in [0.05, 0.1) is 18.2 Å². The Kier molecular flexibility index (Phi) is 5.45. The average Bonchev–Trinajstić information content (AvgIpc) is 3.44.